The van der Waals surface area contributed by atoms with Crippen LogP contribution in [0.1, 0.15) is 41.6 Å². The Morgan fingerprint density at radius 3 is 2.47 bits per heavy atom. The van der Waals surface area contributed by atoms with E-state index in [1.807, 2.05) is 72.8 Å². The zero-order valence-corrected chi connectivity index (χ0v) is 27.7. The summed E-state index contributed by atoms with van der Waals surface area (Å²) in [4.78, 5) is 11.9. The molecule has 12 heteroatoms. The molecule has 49 heavy (non-hydrogen) atoms. The number of amides is 1. The van der Waals surface area contributed by atoms with Gasteiger partial charge in [-0.15, -0.1) is 5.10 Å². The van der Waals surface area contributed by atoms with Crippen LogP contribution in [0, 0.1) is 5.92 Å². The van der Waals surface area contributed by atoms with E-state index < -0.39 is 12.4 Å². The molecular weight excluding hydrogens is 643 g/mol. The summed E-state index contributed by atoms with van der Waals surface area (Å²) in [6, 6.07) is 30.5. The predicted molar refractivity (Wildman–Crippen MR) is 185 cm³/mol. The van der Waals surface area contributed by atoms with Gasteiger partial charge in [-0.1, -0.05) is 98.1 Å². The number of carbonyl (C=O) groups is 1. The smallest absolute Gasteiger partial charge is 0.407 e. The first-order valence-electron chi connectivity index (χ1n) is 15.8. The van der Waals surface area contributed by atoms with E-state index in [-0.39, 0.29) is 37.1 Å². The van der Waals surface area contributed by atoms with Gasteiger partial charge in [0.1, 0.15) is 12.4 Å². The number of rotatable bonds is 12. The van der Waals surface area contributed by atoms with E-state index in [1.54, 1.807) is 28.9 Å². The second kappa shape index (κ2) is 15.9. The Labute approximate surface area is 288 Å². The van der Waals surface area contributed by atoms with Crippen LogP contribution in [0.25, 0.3) is 16.8 Å². The normalized spacial score (nSPS) is 18.9. The maximum Gasteiger partial charge on any atom is 0.407 e. The van der Waals surface area contributed by atoms with Gasteiger partial charge in [0.05, 0.1) is 24.5 Å². The molecule has 0 radical (unpaired) electrons. The molecule has 6 rings (SSSR count). The Morgan fingerprint density at radius 2 is 1.73 bits per heavy atom. The number of hydrogen-bond acceptors (Lipinski definition) is 10. The summed E-state index contributed by atoms with van der Waals surface area (Å²) >= 11 is 1.49. The van der Waals surface area contributed by atoms with Gasteiger partial charge in [-0.3, -0.25) is 0 Å². The van der Waals surface area contributed by atoms with E-state index in [0.29, 0.717) is 17.5 Å². The SMILES string of the molecule is C=CCOC(=O)NCc1cccc(-c2ccc([C@@H]3O[C@H](CSc4nnnn4-c4ccc(O)cc4)[C@H](C)[C@H](c4ccc(CO)cc4)O3)cc2)c1. The summed E-state index contributed by atoms with van der Waals surface area (Å²) in [5.74, 6) is 0.702. The minimum Gasteiger partial charge on any atom is -0.508 e. The van der Waals surface area contributed by atoms with Gasteiger partial charge < -0.3 is 29.7 Å². The molecule has 1 aliphatic rings. The first-order chi connectivity index (χ1) is 23.9. The van der Waals surface area contributed by atoms with Crippen molar-refractivity contribution in [3.05, 3.63) is 132 Å². The fourth-order valence-electron chi connectivity index (χ4n) is 5.54. The maximum atomic E-state index is 11.9. The van der Waals surface area contributed by atoms with Crippen LogP contribution in [-0.2, 0) is 27.4 Å². The molecule has 3 N–H and O–H groups in total. The average Bonchev–Trinajstić information content (AvgIpc) is 3.62. The van der Waals surface area contributed by atoms with E-state index >= 15 is 0 Å². The van der Waals surface area contributed by atoms with E-state index in [0.717, 1.165) is 39.1 Å². The molecule has 0 spiro atoms. The Hall–Kier alpha value is -5.01. The second-order valence-corrected chi connectivity index (χ2v) is 12.6. The van der Waals surface area contributed by atoms with Gasteiger partial charge in [-0.25, -0.2) is 4.79 Å². The van der Waals surface area contributed by atoms with Crippen LogP contribution >= 0.6 is 11.8 Å². The number of aliphatic hydroxyl groups excluding tert-OH is 1. The first kappa shape index (κ1) is 33.9. The number of phenolic OH excluding ortho intramolecular Hbond substituents is 1. The number of benzene rings is 4. The Kier molecular flexibility index (Phi) is 11.0. The molecule has 1 amide bonds. The molecular formula is C37H37N5O6S. The summed E-state index contributed by atoms with van der Waals surface area (Å²) in [6.07, 6.45) is -0.102. The second-order valence-electron chi connectivity index (χ2n) is 11.6. The van der Waals surface area contributed by atoms with Crippen molar-refractivity contribution in [2.24, 2.45) is 5.92 Å². The standard InChI is InChI=1S/C37H37N5O6S/c1-3-19-46-37(45)38-21-26-5-4-6-30(20-26)27-11-13-29(14-12-27)35-47-33(24(2)34(48-35)28-9-7-25(22-43)8-10-28)23-49-36-39-40-41-42(36)31-15-17-32(44)18-16-31/h3-18,20,24,33-35,43-44H,1,19,21-23H2,2H3,(H,38,45)/t24-,33+,34+,35+/m0/s1. The number of aromatic hydroxyl groups is 1. The van der Waals surface area contributed by atoms with Crippen LogP contribution < -0.4 is 5.32 Å². The number of ether oxygens (including phenoxy) is 3. The van der Waals surface area contributed by atoms with Crippen molar-refractivity contribution in [1.82, 2.24) is 25.5 Å². The molecule has 1 saturated heterocycles. The molecule has 11 nitrogen and oxygen atoms in total. The van der Waals surface area contributed by atoms with Crippen LogP contribution in [0.5, 0.6) is 5.75 Å². The number of alkyl carbamates (subject to hydrolysis) is 1. The highest BCUT2D eigenvalue weighted by molar-refractivity contribution is 7.99. The zero-order valence-electron chi connectivity index (χ0n) is 26.9. The van der Waals surface area contributed by atoms with E-state index in [1.165, 1.54) is 17.8 Å². The van der Waals surface area contributed by atoms with Crippen molar-refractivity contribution in [3.63, 3.8) is 0 Å². The van der Waals surface area contributed by atoms with Crippen LogP contribution in [0.4, 0.5) is 4.79 Å². The van der Waals surface area contributed by atoms with E-state index in [4.69, 9.17) is 14.2 Å². The lowest BCUT2D eigenvalue weighted by Crippen LogP contribution is -2.38. The topological polar surface area (TPSA) is 141 Å². The minimum atomic E-state index is -0.636. The van der Waals surface area contributed by atoms with Crippen LogP contribution in [0.2, 0.25) is 0 Å². The highest BCUT2D eigenvalue weighted by Crippen LogP contribution is 2.43. The van der Waals surface area contributed by atoms with Gasteiger partial charge >= 0.3 is 6.09 Å². The maximum absolute atomic E-state index is 11.9. The molecule has 1 aromatic heterocycles. The number of nitrogens with one attached hydrogen (secondary N) is 1. The Balaban J connectivity index is 1.20. The number of hydrogen-bond donors (Lipinski definition) is 3. The number of aromatic nitrogens is 4. The van der Waals surface area contributed by atoms with Crippen molar-refractivity contribution in [3.8, 4) is 22.6 Å². The number of tetrazole rings is 1. The summed E-state index contributed by atoms with van der Waals surface area (Å²) < 4.78 is 19.9. The van der Waals surface area contributed by atoms with Gasteiger partial charge in [0.15, 0.2) is 6.29 Å². The molecule has 252 valence electrons. The number of aliphatic hydroxyl groups is 1. The van der Waals surface area contributed by atoms with Gasteiger partial charge in [0, 0.05) is 23.8 Å². The van der Waals surface area contributed by atoms with Gasteiger partial charge in [-0.05, 0) is 68.6 Å². The molecule has 1 aliphatic heterocycles. The monoisotopic (exact) mass is 679 g/mol. The summed E-state index contributed by atoms with van der Waals surface area (Å²) in [5, 5.41) is 34.9. The molecule has 0 aliphatic carbocycles. The fraction of sp³-hybridized carbons (Fsp3) is 0.243. The molecule has 4 aromatic carbocycles. The van der Waals surface area contributed by atoms with Crippen molar-refractivity contribution in [2.45, 2.75) is 43.7 Å². The molecule has 5 aromatic rings. The highest BCUT2D eigenvalue weighted by atomic mass is 32.2. The van der Waals surface area contributed by atoms with E-state index in [9.17, 15) is 15.0 Å². The van der Waals surface area contributed by atoms with Crippen molar-refractivity contribution in [2.75, 3.05) is 12.4 Å². The van der Waals surface area contributed by atoms with Crippen LogP contribution in [-0.4, -0.2) is 55.0 Å². The lowest BCUT2D eigenvalue weighted by Gasteiger charge is -2.41. The number of nitrogens with zero attached hydrogens (tertiary/aromatic N) is 4. The van der Waals surface area contributed by atoms with Crippen molar-refractivity contribution >= 4 is 17.9 Å². The minimum absolute atomic E-state index is 0.0218. The summed E-state index contributed by atoms with van der Waals surface area (Å²) in [6.45, 7) is 6.13. The third kappa shape index (κ3) is 8.35. The Morgan fingerprint density at radius 1 is 0.980 bits per heavy atom. The molecule has 0 bridgehead atoms. The Bertz CT molecular complexity index is 1850. The van der Waals surface area contributed by atoms with Gasteiger partial charge in [-0.2, -0.15) is 4.68 Å². The van der Waals surface area contributed by atoms with Gasteiger partial charge in [0.2, 0.25) is 5.16 Å². The largest absolute Gasteiger partial charge is 0.508 e. The number of thioether (sulfide) groups is 1. The van der Waals surface area contributed by atoms with Crippen LogP contribution in [0.15, 0.2) is 115 Å². The summed E-state index contributed by atoms with van der Waals surface area (Å²) in [5.41, 5.74) is 6.39. The molecule has 1 fully saturated rings. The molecule has 0 saturated carbocycles. The highest BCUT2D eigenvalue weighted by Gasteiger charge is 2.38. The quantitative estimate of drug-likeness (QED) is 0.0986. The first-order valence-corrected chi connectivity index (χ1v) is 16.8. The number of phenols is 1. The van der Waals surface area contributed by atoms with Crippen LogP contribution in [0.3, 0.4) is 0 Å². The third-order valence-electron chi connectivity index (χ3n) is 8.25. The van der Waals surface area contributed by atoms with Gasteiger partial charge in [0.25, 0.3) is 0 Å². The molecule has 0 unspecified atom stereocenters. The summed E-state index contributed by atoms with van der Waals surface area (Å²) in [7, 11) is 0. The average molecular weight is 680 g/mol. The van der Waals surface area contributed by atoms with Crippen molar-refractivity contribution < 1.29 is 29.2 Å². The van der Waals surface area contributed by atoms with E-state index in [2.05, 4.69) is 34.3 Å². The number of carbonyl (C=O) groups excluding carboxylic acids is 1. The lowest BCUT2D eigenvalue weighted by molar-refractivity contribution is -0.268. The molecule has 4 atom stereocenters. The zero-order chi connectivity index (χ0) is 34.2. The fourth-order valence-corrected chi connectivity index (χ4v) is 6.60. The predicted octanol–water partition coefficient (Wildman–Crippen LogP) is 6.52. The molecule has 2 heterocycles. The lowest BCUT2D eigenvalue weighted by atomic mass is 9.91. The van der Waals surface area contributed by atoms with Crippen molar-refractivity contribution in [1.29, 1.82) is 0 Å². The third-order valence-corrected chi connectivity index (χ3v) is 9.26.